The zero-order chi connectivity index (χ0) is 19.7. The summed E-state index contributed by atoms with van der Waals surface area (Å²) in [6.45, 7) is 4.13. The largest absolute Gasteiger partial charge is 0.349 e. The molecule has 0 spiro atoms. The van der Waals surface area contributed by atoms with Crippen LogP contribution in [0.1, 0.15) is 83.1 Å². The Bertz CT molecular complexity index is 872. The summed E-state index contributed by atoms with van der Waals surface area (Å²) in [6, 6.07) is 9.96. The summed E-state index contributed by atoms with van der Waals surface area (Å²) in [7, 11) is 0. The van der Waals surface area contributed by atoms with Crippen molar-refractivity contribution in [2.45, 2.75) is 70.9 Å². The van der Waals surface area contributed by atoms with E-state index in [0.29, 0.717) is 23.3 Å². The third-order valence-corrected chi connectivity index (χ3v) is 5.99. The third-order valence-electron chi connectivity index (χ3n) is 5.99. The highest BCUT2D eigenvalue weighted by Gasteiger charge is 2.24. The molecule has 2 saturated carbocycles. The van der Waals surface area contributed by atoms with Gasteiger partial charge in [0, 0.05) is 34.7 Å². The molecule has 1 aromatic carbocycles. The van der Waals surface area contributed by atoms with E-state index in [0.717, 1.165) is 29.8 Å². The minimum Gasteiger partial charge on any atom is -0.349 e. The monoisotopic (exact) mass is 379 g/mol. The van der Waals surface area contributed by atoms with E-state index in [9.17, 15) is 9.59 Å². The molecule has 1 heterocycles. The van der Waals surface area contributed by atoms with Crippen molar-refractivity contribution in [2.24, 2.45) is 0 Å². The van der Waals surface area contributed by atoms with Crippen LogP contribution < -0.4 is 10.6 Å². The van der Waals surface area contributed by atoms with Crippen molar-refractivity contribution in [2.75, 3.05) is 5.32 Å². The summed E-state index contributed by atoms with van der Waals surface area (Å²) < 4.78 is 2.35. The molecule has 1 aromatic heterocycles. The molecule has 2 aromatic rings. The zero-order valence-corrected chi connectivity index (χ0v) is 16.8. The highest BCUT2D eigenvalue weighted by atomic mass is 16.2. The SMILES string of the molecule is Cc1cc(C(=O)Nc2ccc(C(=O)NC3CC3)cc2)c(C)n1C1CCCCC1. The molecule has 2 amide bonds. The second kappa shape index (κ2) is 7.82. The first kappa shape index (κ1) is 18.8. The summed E-state index contributed by atoms with van der Waals surface area (Å²) in [4.78, 5) is 24.9. The number of carbonyl (C=O) groups is 2. The smallest absolute Gasteiger partial charge is 0.257 e. The number of amides is 2. The van der Waals surface area contributed by atoms with Crippen LogP contribution in [0.15, 0.2) is 30.3 Å². The number of anilines is 1. The van der Waals surface area contributed by atoms with E-state index in [1.165, 1.54) is 32.1 Å². The summed E-state index contributed by atoms with van der Waals surface area (Å²) in [5.41, 5.74) is 4.26. The van der Waals surface area contributed by atoms with Gasteiger partial charge in [-0.25, -0.2) is 0 Å². The molecule has 0 radical (unpaired) electrons. The summed E-state index contributed by atoms with van der Waals surface area (Å²) in [5, 5.41) is 5.95. The molecule has 2 N–H and O–H groups in total. The van der Waals surface area contributed by atoms with Crippen molar-refractivity contribution in [1.82, 2.24) is 9.88 Å². The second-order valence-electron chi connectivity index (χ2n) is 8.23. The van der Waals surface area contributed by atoms with Crippen LogP contribution >= 0.6 is 0 Å². The molecule has 0 atom stereocenters. The van der Waals surface area contributed by atoms with Gasteiger partial charge in [-0.2, -0.15) is 0 Å². The Morgan fingerprint density at radius 3 is 2.25 bits per heavy atom. The third kappa shape index (κ3) is 3.98. The first-order valence-corrected chi connectivity index (χ1v) is 10.4. The number of carbonyl (C=O) groups excluding carboxylic acids is 2. The van der Waals surface area contributed by atoms with Gasteiger partial charge in [0.1, 0.15) is 0 Å². The van der Waals surface area contributed by atoms with E-state index >= 15 is 0 Å². The number of rotatable bonds is 5. The molecule has 148 valence electrons. The van der Waals surface area contributed by atoms with Crippen LogP contribution in [-0.2, 0) is 0 Å². The summed E-state index contributed by atoms with van der Waals surface area (Å²) >= 11 is 0. The predicted molar refractivity (Wildman–Crippen MR) is 111 cm³/mol. The van der Waals surface area contributed by atoms with Gasteiger partial charge in [0.25, 0.3) is 11.8 Å². The highest BCUT2D eigenvalue weighted by Crippen LogP contribution is 2.32. The lowest BCUT2D eigenvalue weighted by Gasteiger charge is -2.26. The molecule has 0 unspecified atom stereocenters. The van der Waals surface area contributed by atoms with Crippen LogP contribution in [0.25, 0.3) is 0 Å². The number of aryl methyl sites for hydroxylation is 1. The number of nitrogens with one attached hydrogen (secondary N) is 2. The van der Waals surface area contributed by atoms with Crippen molar-refractivity contribution in [3.8, 4) is 0 Å². The van der Waals surface area contributed by atoms with Crippen LogP contribution in [0.2, 0.25) is 0 Å². The lowest BCUT2D eigenvalue weighted by molar-refractivity contribution is 0.0950. The Hall–Kier alpha value is -2.56. The van der Waals surface area contributed by atoms with Crippen molar-refractivity contribution >= 4 is 17.5 Å². The number of hydrogen-bond acceptors (Lipinski definition) is 2. The molecule has 2 aliphatic carbocycles. The maximum atomic E-state index is 12.9. The van der Waals surface area contributed by atoms with E-state index in [2.05, 4.69) is 22.1 Å². The zero-order valence-electron chi connectivity index (χ0n) is 16.8. The molecule has 28 heavy (non-hydrogen) atoms. The van der Waals surface area contributed by atoms with Crippen LogP contribution in [0, 0.1) is 13.8 Å². The van der Waals surface area contributed by atoms with Crippen LogP contribution in [-0.4, -0.2) is 22.4 Å². The van der Waals surface area contributed by atoms with Gasteiger partial charge in [0.05, 0.1) is 5.56 Å². The van der Waals surface area contributed by atoms with Crippen molar-refractivity contribution in [1.29, 1.82) is 0 Å². The Labute approximate surface area is 166 Å². The van der Waals surface area contributed by atoms with E-state index in [1.807, 2.05) is 13.0 Å². The minimum absolute atomic E-state index is 0.0450. The Morgan fingerprint density at radius 2 is 1.61 bits per heavy atom. The fraction of sp³-hybridized carbons (Fsp3) is 0.478. The number of benzene rings is 1. The molecule has 0 bridgehead atoms. The van der Waals surface area contributed by atoms with E-state index in [1.54, 1.807) is 24.3 Å². The molecule has 2 fully saturated rings. The van der Waals surface area contributed by atoms with Gasteiger partial charge in [0.2, 0.25) is 0 Å². The summed E-state index contributed by atoms with van der Waals surface area (Å²) in [5.74, 6) is -0.137. The topological polar surface area (TPSA) is 63.1 Å². The van der Waals surface area contributed by atoms with Gasteiger partial charge in [-0.15, -0.1) is 0 Å². The first-order valence-electron chi connectivity index (χ1n) is 10.4. The van der Waals surface area contributed by atoms with E-state index in [-0.39, 0.29) is 11.8 Å². The average Bonchev–Trinajstić information content (AvgIpc) is 3.46. The maximum Gasteiger partial charge on any atom is 0.257 e. The van der Waals surface area contributed by atoms with Gasteiger partial charge in [-0.1, -0.05) is 19.3 Å². The molecule has 5 nitrogen and oxygen atoms in total. The van der Waals surface area contributed by atoms with E-state index < -0.39 is 0 Å². The van der Waals surface area contributed by atoms with E-state index in [4.69, 9.17) is 0 Å². The molecular formula is C23H29N3O2. The number of hydrogen-bond donors (Lipinski definition) is 2. The minimum atomic E-state index is -0.0923. The fourth-order valence-corrected chi connectivity index (χ4v) is 4.31. The molecule has 4 rings (SSSR count). The number of aromatic nitrogens is 1. The van der Waals surface area contributed by atoms with Gasteiger partial charge in [-0.3, -0.25) is 9.59 Å². The van der Waals surface area contributed by atoms with Crippen LogP contribution in [0.4, 0.5) is 5.69 Å². The first-order chi connectivity index (χ1) is 13.5. The molecule has 0 aliphatic heterocycles. The summed E-state index contributed by atoms with van der Waals surface area (Å²) in [6.07, 6.45) is 8.38. The molecule has 0 saturated heterocycles. The second-order valence-corrected chi connectivity index (χ2v) is 8.23. The maximum absolute atomic E-state index is 12.9. The van der Waals surface area contributed by atoms with Gasteiger partial charge in [0.15, 0.2) is 0 Å². The Morgan fingerprint density at radius 1 is 0.929 bits per heavy atom. The normalized spacial score (nSPS) is 17.4. The van der Waals surface area contributed by atoms with Gasteiger partial charge in [-0.05, 0) is 69.9 Å². The molecule has 2 aliphatic rings. The highest BCUT2D eigenvalue weighted by molar-refractivity contribution is 6.05. The predicted octanol–water partition coefficient (Wildman–Crippen LogP) is 4.75. The van der Waals surface area contributed by atoms with Crippen molar-refractivity contribution in [3.05, 3.63) is 52.8 Å². The van der Waals surface area contributed by atoms with Crippen LogP contribution in [0.5, 0.6) is 0 Å². The Balaban J connectivity index is 1.45. The molecular weight excluding hydrogens is 350 g/mol. The van der Waals surface area contributed by atoms with Crippen molar-refractivity contribution in [3.63, 3.8) is 0 Å². The van der Waals surface area contributed by atoms with Crippen LogP contribution in [0.3, 0.4) is 0 Å². The van der Waals surface area contributed by atoms with Crippen molar-refractivity contribution < 1.29 is 9.59 Å². The Kier molecular flexibility index (Phi) is 5.25. The average molecular weight is 380 g/mol. The lowest BCUT2D eigenvalue weighted by atomic mass is 9.95. The quantitative estimate of drug-likeness (QED) is 0.787. The number of nitrogens with zero attached hydrogens (tertiary/aromatic N) is 1. The standard InChI is InChI=1S/C23H29N3O2/c1-15-14-21(16(2)26(15)20-6-4-3-5-7-20)23(28)25-18-10-8-17(9-11-18)22(27)24-19-12-13-19/h8-11,14,19-20H,3-7,12-13H2,1-2H3,(H,24,27)(H,25,28). The molecule has 5 heteroatoms. The van der Waals surface area contributed by atoms with Gasteiger partial charge >= 0.3 is 0 Å². The van der Waals surface area contributed by atoms with Gasteiger partial charge < -0.3 is 15.2 Å². The lowest BCUT2D eigenvalue weighted by Crippen LogP contribution is -2.25. The fourth-order valence-electron chi connectivity index (χ4n) is 4.31.